The average Bonchev–Trinajstić information content (AvgIpc) is 2.32. The van der Waals surface area contributed by atoms with Crippen LogP contribution in [-0.4, -0.2) is 47.2 Å². The number of nitrogens with two attached hydrogens (primary N) is 1. The molecule has 0 saturated heterocycles. The number of nitrogens with one attached hydrogen (secondary N) is 2. The second-order valence-corrected chi connectivity index (χ2v) is 7.62. The maximum atomic E-state index is 12.3. The Morgan fingerprint density at radius 3 is 1.80 bits per heavy atom. The standard InChI is InChI=1S/C16H29N3O6/c1-9(12(17)21)18-13(22)10(8-11(20)24-15(2,3)4)19-14(23)25-16(5,6)7/h9-10H,8H2,1-7H3,(H2,17,21)(H,18,22)(H,19,23)/t9-,10+/m1/s1. The van der Waals surface area contributed by atoms with Gasteiger partial charge in [0.15, 0.2) is 0 Å². The van der Waals surface area contributed by atoms with Crippen LogP contribution in [0.1, 0.15) is 54.9 Å². The predicted octanol–water partition coefficient (Wildman–Crippen LogP) is 0.601. The topological polar surface area (TPSA) is 137 Å². The molecular weight excluding hydrogens is 330 g/mol. The van der Waals surface area contributed by atoms with E-state index in [0.717, 1.165) is 0 Å². The van der Waals surface area contributed by atoms with Crippen LogP contribution < -0.4 is 16.4 Å². The lowest BCUT2D eigenvalue weighted by Gasteiger charge is -2.25. The number of hydrogen-bond donors (Lipinski definition) is 3. The van der Waals surface area contributed by atoms with Crippen molar-refractivity contribution in [1.29, 1.82) is 0 Å². The normalized spacial score (nSPS) is 14.0. The minimum atomic E-state index is -1.27. The molecule has 0 aromatic rings. The minimum Gasteiger partial charge on any atom is -0.460 e. The molecule has 0 unspecified atom stereocenters. The number of ether oxygens (including phenoxy) is 2. The van der Waals surface area contributed by atoms with Gasteiger partial charge in [-0.1, -0.05) is 0 Å². The third kappa shape index (κ3) is 11.0. The first-order chi connectivity index (χ1) is 11.1. The molecule has 0 rings (SSSR count). The van der Waals surface area contributed by atoms with Crippen molar-refractivity contribution in [2.24, 2.45) is 5.73 Å². The van der Waals surface area contributed by atoms with E-state index in [1.165, 1.54) is 6.92 Å². The largest absolute Gasteiger partial charge is 0.460 e. The molecule has 0 aliphatic rings. The second-order valence-electron chi connectivity index (χ2n) is 7.62. The highest BCUT2D eigenvalue weighted by Gasteiger charge is 2.30. The smallest absolute Gasteiger partial charge is 0.408 e. The molecule has 9 heteroatoms. The molecule has 9 nitrogen and oxygen atoms in total. The highest BCUT2D eigenvalue weighted by atomic mass is 16.6. The Kier molecular flexibility index (Phi) is 7.88. The second kappa shape index (κ2) is 8.68. The molecule has 0 saturated carbocycles. The number of carbonyl (C=O) groups excluding carboxylic acids is 4. The summed E-state index contributed by atoms with van der Waals surface area (Å²) in [6, 6.07) is -2.24. The van der Waals surface area contributed by atoms with Crippen LogP contribution in [0.2, 0.25) is 0 Å². The Morgan fingerprint density at radius 2 is 1.40 bits per heavy atom. The molecule has 0 aromatic heterocycles. The molecule has 25 heavy (non-hydrogen) atoms. The fourth-order valence-corrected chi connectivity index (χ4v) is 1.59. The summed E-state index contributed by atoms with van der Waals surface area (Å²) in [7, 11) is 0. The molecular formula is C16H29N3O6. The SMILES string of the molecule is C[C@@H](NC(=O)[C@H](CC(=O)OC(C)(C)C)NC(=O)OC(C)(C)C)C(N)=O. The fourth-order valence-electron chi connectivity index (χ4n) is 1.59. The summed E-state index contributed by atoms with van der Waals surface area (Å²) in [6.45, 7) is 11.4. The van der Waals surface area contributed by atoms with Crippen molar-refractivity contribution < 1.29 is 28.7 Å². The third-order valence-corrected chi connectivity index (χ3v) is 2.58. The Morgan fingerprint density at radius 1 is 0.920 bits per heavy atom. The molecule has 2 atom stereocenters. The van der Waals surface area contributed by atoms with E-state index in [4.69, 9.17) is 15.2 Å². The molecule has 0 aromatic carbocycles. The van der Waals surface area contributed by atoms with Crippen molar-refractivity contribution in [2.75, 3.05) is 0 Å². The highest BCUT2D eigenvalue weighted by Crippen LogP contribution is 2.11. The Bertz CT molecular complexity index is 489. The maximum absolute atomic E-state index is 12.3. The van der Waals surface area contributed by atoms with Gasteiger partial charge in [-0.3, -0.25) is 14.4 Å². The van der Waals surface area contributed by atoms with Gasteiger partial charge in [-0.2, -0.15) is 0 Å². The number of carbonyl (C=O) groups is 4. The zero-order valence-electron chi connectivity index (χ0n) is 15.9. The van der Waals surface area contributed by atoms with E-state index in [1.807, 2.05) is 0 Å². The van der Waals surface area contributed by atoms with Crippen molar-refractivity contribution >= 4 is 23.9 Å². The van der Waals surface area contributed by atoms with Gasteiger partial charge in [-0.15, -0.1) is 0 Å². The van der Waals surface area contributed by atoms with E-state index in [1.54, 1.807) is 41.5 Å². The van der Waals surface area contributed by atoms with Gasteiger partial charge < -0.3 is 25.8 Å². The molecule has 0 spiro atoms. The monoisotopic (exact) mass is 359 g/mol. The molecule has 4 N–H and O–H groups in total. The van der Waals surface area contributed by atoms with Crippen molar-refractivity contribution in [3.63, 3.8) is 0 Å². The molecule has 3 amide bonds. The van der Waals surface area contributed by atoms with Crippen molar-refractivity contribution in [3.8, 4) is 0 Å². The van der Waals surface area contributed by atoms with E-state index in [9.17, 15) is 19.2 Å². The van der Waals surface area contributed by atoms with Gasteiger partial charge in [0, 0.05) is 0 Å². The first-order valence-corrected chi connectivity index (χ1v) is 7.92. The van der Waals surface area contributed by atoms with Gasteiger partial charge in [0.1, 0.15) is 23.3 Å². The lowest BCUT2D eigenvalue weighted by molar-refractivity contribution is -0.156. The maximum Gasteiger partial charge on any atom is 0.408 e. The summed E-state index contributed by atoms with van der Waals surface area (Å²) in [5, 5.41) is 4.63. The summed E-state index contributed by atoms with van der Waals surface area (Å²) in [5.41, 5.74) is 3.57. The average molecular weight is 359 g/mol. The van der Waals surface area contributed by atoms with Crippen LogP contribution in [0.25, 0.3) is 0 Å². The van der Waals surface area contributed by atoms with Crippen LogP contribution in [0.3, 0.4) is 0 Å². The lowest BCUT2D eigenvalue weighted by atomic mass is 10.1. The number of alkyl carbamates (subject to hydrolysis) is 1. The van der Waals surface area contributed by atoms with Gasteiger partial charge in [0.2, 0.25) is 11.8 Å². The van der Waals surface area contributed by atoms with E-state index >= 15 is 0 Å². The minimum absolute atomic E-state index is 0.423. The zero-order chi connectivity index (χ0) is 20.0. The van der Waals surface area contributed by atoms with Crippen LogP contribution in [0, 0.1) is 0 Å². The first kappa shape index (κ1) is 22.7. The van der Waals surface area contributed by atoms with E-state index in [-0.39, 0.29) is 0 Å². The summed E-state index contributed by atoms with van der Waals surface area (Å²) < 4.78 is 10.2. The molecule has 0 aliphatic carbocycles. The number of rotatable bonds is 6. The van der Waals surface area contributed by atoms with Crippen molar-refractivity contribution in [3.05, 3.63) is 0 Å². The van der Waals surface area contributed by atoms with Gasteiger partial charge in [0.05, 0.1) is 6.42 Å². The molecule has 144 valence electrons. The van der Waals surface area contributed by atoms with Crippen LogP contribution in [-0.2, 0) is 23.9 Å². The number of hydrogen-bond acceptors (Lipinski definition) is 6. The summed E-state index contributed by atoms with van der Waals surface area (Å²) in [5.74, 6) is -2.18. The summed E-state index contributed by atoms with van der Waals surface area (Å²) in [4.78, 5) is 47.2. The highest BCUT2D eigenvalue weighted by molar-refractivity contribution is 5.92. The van der Waals surface area contributed by atoms with Gasteiger partial charge in [-0.25, -0.2) is 4.79 Å². The Hall–Kier alpha value is -2.32. The molecule has 0 radical (unpaired) electrons. The van der Waals surface area contributed by atoms with Gasteiger partial charge in [0.25, 0.3) is 0 Å². The van der Waals surface area contributed by atoms with Crippen LogP contribution in [0.4, 0.5) is 4.79 Å². The zero-order valence-corrected chi connectivity index (χ0v) is 15.9. The number of primary amides is 1. The van der Waals surface area contributed by atoms with Crippen molar-refractivity contribution in [1.82, 2.24) is 10.6 Å². The Labute approximate surface area is 148 Å². The fraction of sp³-hybridized carbons (Fsp3) is 0.750. The van der Waals surface area contributed by atoms with Crippen molar-refractivity contribution in [2.45, 2.75) is 78.2 Å². The van der Waals surface area contributed by atoms with E-state index in [0.29, 0.717) is 0 Å². The van der Waals surface area contributed by atoms with Gasteiger partial charge in [-0.05, 0) is 48.5 Å². The number of esters is 1. The third-order valence-electron chi connectivity index (χ3n) is 2.58. The van der Waals surface area contributed by atoms with Crippen LogP contribution >= 0.6 is 0 Å². The van der Waals surface area contributed by atoms with E-state index < -0.39 is 53.6 Å². The molecule has 0 fully saturated rings. The predicted molar refractivity (Wildman–Crippen MR) is 90.4 cm³/mol. The molecule has 0 bridgehead atoms. The summed E-state index contributed by atoms with van der Waals surface area (Å²) in [6.07, 6.45) is -1.30. The van der Waals surface area contributed by atoms with Crippen LogP contribution in [0.15, 0.2) is 0 Å². The van der Waals surface area contributed by atoms with Gasteiger partial charge >= 0.3 is 12.1 Å². The molecule has 0 aliphatic heterocycles. The Balaban J connectivity index is 5.10. The first-order valence-electron chi connectivity index (χ1n) is 7.92. The summed E-state index contributed by atoms with van der Waals surface area (Å²) >= 11 is 0. The lowest BCUT2D eigenvalue weighted by Crippen LogP contribution is -2.53. The molecule has 0 heterocycles. The quantitative estimate of drug-likeness (QED) is 0.594. The number of amides is 3. The van der Waals surface area contributed by atoms with Crippen LogP contribution in [0.5, 0.6) is 0 Å². The van der Waals surface area contributed by atoms with E-state index in [2.05, 4.69) is 10.6 Å².